The molecule has 1 aromatic rings. The van der Waals surface area contributed by atoms with Gasteiger partial charge in [0.25, 0.3) is 0 Å². The smallest absolute Gasteiger partial charge is 0.0130 e. The summed E-state index contributed by atoms with van der Waals surface area (Å²) in [4.78, 5) is 1.49. The molecule has 1 N–H and O–H groups in total. The molecule has 0 aromatic heterocycles. The van der Waals surface area contributed by atoms with Crippen LogP contribution < -0.4 is 5.32 Å². The Morgan fingerprint density at radius 2 is 2.18 bits per heavy atom. The average molecular weight is 249 g/mol. The lowest BCUT2D eigenvalue weighted by Crippen LogP contribution is -2.42. The first-order valence-electron chi connectivity index (χ1n) is 6.55. The van der Waals surface area contributed by atoms with Crippen molar-refractivity contribution in [2.24, 2.45) is 0 Å². The van der Waals surface area contributed by atoms with Crippen molar-refractivity contribution in [1.82, 2.24) is 5.32 Å². The topological polar surface area (TPSA) is 12.0 Å². The number of likely N-dealkylation sites (N-methyl/N-ethyl adjacent to an activating group) is 1. The molecule has 1 aliphatic rings. The fraction of sp³-hybridized carbons (Fsp3) is 0.600. The van der Waals surface area contributed by atoms with Gasteiger partial charge < -0.3 is 5.32 Å². The van der Waals surface area contributed by atoms with Crippen LogP contribution in [0.15, 0.2) is 23.1 Å². The van der Waals surface area contributed by atoms with E-state index in [1.807, 2.05) is 11.8 Å². The van der Waals surface area contributed by atoms with E-state index < -0.39 is 0 Å². The summed E-state index contributed by atoms with van der Waals surface area (Å²) in [6.45, 7) is 10.2. The lowest BCUT2D eigenvalue weighted by Gasteiger charge is -2.33. The van der Waals surface area contributed by atoms with Crippen LogP contribution in [-0.2, 0) is 11.8 Å². The van der Waals surface area contributed by atoms with Crippen molar-refractivity contribution in [3.63, 3.8) is 0 Å². The van der Waals surface area contributed by atoms with Gasteiger partial charge in [-0.15, -0.1) is 11.8 Å². The highest BCUT2D eigenvalue weighted by Gasteiger charge is 2.28. The number of thioether (sulfide) groups is 1. The maximum atomic E-state index is 3.55. The standard InChI is InChI=1S/C15H23NS/c1-5-16-11(2)15(3,4)13-6-7-14-12(10-13)8-9-17-14/h6-7,10-11,16H,5,8-9H2,1-4H3. The molecule has 1 heterocycles. The van der Waals surface area contributed by atoms with Crippen molar-refractivity contribution in [2.75, 3.05) is 12.3 Å². The molecule has 17 heavy (non-hydrogen) atoms. The first kappa shape index (κ1) is 13.0. The zero-order chi connectivity index (χ0) is 12.5. The van der Waals surface area contributed by atoms with Gasteiger partial charge in [-0.25, -0.2) is 0 Å². The molecule has 1 nitrogen and oxygen atoms in total. The molecular formula is C15H23NS. The molecule has 0 aliphatic carbocycles. The summed E-state index contributed by atoms with van der Waals surface area (Å²) in [5.74, 6) is 1.25. The Morgan fingerprint density at radius 1 is 1.41 bits per heavy atom. The zero-order valence-electron chi connectivity index (χ0n) is 11.3. The Hall–Kier alpha value is -0.470. The summed E-state index contributed by atoms with van der Waals surface area (Å²) in [6.07, 6.45) is 1.24. The first-order valence-corrected chi connectivity index (χ1v) is 7.54. The minimum atomic E-state index is 0.193. The number of nitrogens with one attached hydrogen (secondary N) is 1. The van der Waals surface area contributed by atoms with Gasteiger partial charge in [-0.3, -0.25) is 0 Å². The summed E-state index contributed by atoms with van der Waals surface area (Å²) >= 11 is 1.99. The van der Waals surface area contributed by atoms with Crippen molar-refractivity contribution in [2.45, 2.75) is 50.5 Å². The molecule has 94 valence electrons. The van der Waals surface area contributed by atoms with Gasteiger partial charge in [0, 0.05) is 22.1 Å². The Morgan fingerprint density at radius 3 is 2.88 bits per heavy atom. The Balaban J connectivity index is 2.26. The van der Waals surface area contributed by atoms with E-state index >= 15 is 0 Å². The van der Waals surface area contributed by atoms with Crippen LogP contribution in [0.3, 0.4) is 0 Å². The molecule has 1 atom stereocenters. The number of fused-ring (bicyclic) bond motifs is 1. The van der Waals surface area contributed by atoms with Gasteiger partial charge in [-0.2, -0.15) is 0 Å². The monoisotopic (exact) mass is 249 g/mol. The second-order valence-electron chi connectivity index (χ2n) is 5.42. The number of hydrogen-bond acceptors (Lipinski definition) is 2. The van der Waals surface area contributed by atoms with Crippen LogP contribution >= 0.6 is 11.8 Å². The van der Waals surface area contributed by atoms with E-state index in [0.717, 1.165) is 6.54 Å². The summed E-state index contributed by atoms with van der Waals surface area (Å²) in [5.41, 5.74) is 3.20. The molecule has 1 unspecified atom stereocenters. The minimum absolute atomic E-state index is 0.193. The highest BCUT2D eigenvalue weighted by atomic mass is 32.2. The molecule has 1 aliphatic heterocycles. The summed E-state index contributed by atoms with van der Waals surface area (Å²) in [6, 6.07) is 7.54. The van der Waals surface area contributed by atoms with E-state index in [1.165, 1.54) is 22.6 Å². The summed E-state index contributed by atoms with van der Waals surface area (Å²) in [5, 5.41) is 3.55. The maximum absolute atomic E-state index is 3.55. The van der Waals surface area contributed by atoms with Crippen molar-refractivity contribution < 1.29 is 0 Å². The fourth-order valence-electron chi connectivity index (χ4n) is 2.40. The second-order valence-corrected chi connectivity index (χ2v) is 6.56. The number of benzene rings is 1. The molecule has 2 rings (SSSR count). The van der Waals surface area contributed by atoms with Gasteiger partial charge in [-0.05, 0) is 37.1 Å². The number of rotatable bonds is 4. The van der Waals surface area contributed by atoms with Gasteiger partial charge in [0.1, 0.15) is 0 Å². The van der Waals surface area contributed by atoms with Crippen LogP contribution in [0, 0.1) is 0 Å². The third kappa shape index (κ3) is 2.53. The highest BCUT2D eigenvalue weighted by Crippen LogP contribution is 2.35. The van der Waals surface area contributed by atoms with Gasteiger partial charge in [0.15, 0.2) is 0 Å². The van der Waals surface area contributed by atoms with Gasteiger partial charge >= 0.3 is 0 Å². The molecule has 0 radical (unpaired) electrons. The second kappa shape index (κ2) is 5.03. The first-order chi connectivity index (χ1) is 8.05. The Bertz CT molecular complexity index is 398. The number of aryl methyl sites for hydroxylation is 1. The van der Waals surface area contributed by atoms with Crippen LogP contribution in [0.4, 0.5) is 0 Å². The Kier molecular flexibility index (Phi) is 3.84. The van der Waals surface area contributed by atoms with E-state index in [-0.39, 0.29) is 5.41 Å². The molecule has 1 aromatic carbocycles. The molecule has 0 saturated carbocycles. The largest absolute Gasteiger partial charge is 0.314 e. The van der Waals surface area contributed by atoms with E-state index in [9.17, 15) is 0 Å². The molecule has 0 bridgehead atoms. The summed E-state index contributed by atoms with van der Waals surface area (Å²) < 4.78 is 0. The summed E-state index contributed by atoms with van der Waals surface area (Å²) in [7, 11) is 0. The lowest BCUT2D eigenvalue weighted by molar-refractivity contribution is 0.368. The zero-order valence-corrected chi connectivity index (χ0v) is 12.2. The molecule has 0 spiro atoms. The van der Waals surface area contributed by atoms with Crippen LogP contribution in [0.25, 0.3) is 0 Å². The van der Waals surface area contributed by atoms with Gasteiger partial charge in [-0.1, -0.05) is 32.9 Å². The minimum Gasteiger partial charge on any atom is -0.314 e. The molecule has 2 heteroatoms. The van der Waals surface area contributed by atoms with E-state index in [0.29, 0.717) is 6.04 Å². The predicted octanol–water partition coefficient (Wildman–Crippen LogP) is 3.61. The van der Waals surface area contributed by atoms with E-state index in [2.05, 4.69) is 51.2 Å². The van der Waals surface area contributed by atoms with Crippen LogP contribution in [0.2, 0.25) is 0 Å². The van der Waals surface area contributed by atoms with Crippen LogP contribution in [0.5, 0.6) is 0 Å². The van der Waals surface area contributed by atoms with Crippen molar-refractivity contribution in [3.05, 3.63) is 29.3 Å². The highest BCUT2D eigenvalue weighted by molar-refractivity contribution is 7.99. The average Bonchev–Trinajstić information content (AvgIpc) is 2.76. The maximum Gasteiger partial charge on any atom is 0.0130 e. The normalized spacial score (nSPS) is 16.9. The van der Waals surface area contributed by atoms with Crippen LogP contribution in [-0.4, -0.2) is 18.3 Å². The van der Waals surface area contributed by atoms with Crippen LogP contribution in [0.1, 0.15) is 38.8 Å². The van der Waals surface area contributed by atoms with Crippen molar-refractivity contribution in [1.29, 1.82) is 0 Å². The molecule has 0 saturated heterocycles. The van der Waals surface area contributed by atoms with Gasteiger partial charge in [0.2, 0.25) is 0 Å². The Labute approximate surface area is 109 Å². The van der Waals surface area contributed by atoms with Crippen molar-refractivity contribution in [3.8, 4) is 0 Å². The fourth-order valence-corrected chi connectivity index (χ4v) is 3.45. The molecule has 0 amide bonds. The molecule has 0 fully saturated rings. The van der Waals surface area contributed by atoms with E-state index in [4.69, 9.17) is 0 Å². The molecular weight excluding hydrogens is 226 g/mol. The lowest BCUT2D eigenvalue weighted by atomic mass is 9.78. The number of hydrogen-bond donors (Lipinski definition) is 1. The quantitative estimate of drug-likeness (QED) is 0.875. The third-order valence-corrected chi connectivity index (χ3v) is 5.14. The predicted molar refractivity (Wildman–Crippen MR) is 77.0 cm³/mol. The van der Waals surface area contributed by atoms with Crippen molar-refractivity contribution >= 4 is 11.8 Å². The SMILES string of the molecule is CCNC(C)C(C)(C)c1ccc2c(c1)CCS2. The third-order valence-electron chi connectivity index (χ3n) is 4.03. The van der Waals surface area contributed by atoms with Gasteiger partial charge in [0.05, 0.1) is 0 Å². The van der Waals surface area contributed by atoms with E-state index in [1.54, 1.807) is 5.56 Å².